The van der Waals surface area contributed by atoms with E-state index in [4.69, 9.17) is 16.9 Å². The van der Waals surface area contributed by atoms with Gasteiger partial charge in [-0.05, 0) is 32.0 Å². The molecule has 1 aliphatic rings. The molecular weight excluding hydrogens is 300 g/mol. The Hall–Kier alpha value is -1.77. The van der Waals surface area contributed by atoms with E-state index in [-0.39, 0.29) is 11.9 Å². The third-order valence-corrected chi connectivity index (χ3v) is 3.91. The lowest BCUT2D eigenvalue weighted by Gasteiger charge is -2.36. The number of piperazine rings is 1. The third kappa shape index (κ3) is 4.36. The Morgan fingerprint density at radius 2 is 2.05 bits per heavy atom. The number of amides is 1. The molecule has 5 nitrogen and oxygen atoms in total. The van der Waals surface area contributed by atoms with E-state index in [1.807, 2.05) is 19.9 Å². The van der Waals surface area contributed by atoms with E-state index in [2.05, 4.69) is 21.2 Å². The maximum Gasteiger partial charge on any atom is 0.234 e. The Morgan fingerprint density at radius 3 is 2.59 bits per heavy atom. The zero-order valence-electron chi connectivity index (χ0n) is 13.0. The number of halogens is 1. The van der Waals surface area contributed by atoms with Gasteiger partial charge in [0.2, 0.25) is 5.91 Å². The molecule has 0 radical (unpaired) electrons. The molecule has 1 amide bonds. The second kappa shape index (κ2) is 7.48. The largest absolute Gasteiger partial charge is 0.368 e. The minimum absolute atomic E-state index is 0.0693. The van der Waals surface area contributed by atoms with Gasteiger partial charge in [-0.3, -0.25) is 9.69 Å². The van der Waals surface area contributed by atoms with E-state index >= 15 is 0 Å². The Kier molecular flexibility index (Phi) is 5.64. The molecule has 0 saturated carbocycles. The summed E-state index contributed by atoms with van der Waals surface area (Å²) in [4.78, 5) is 16.1. The Bertz CT molecular complexity index is 574. The highest BCUT2D eigenvalue weighted by Gasteiger charge is 2.20. The molecular formula is C16H21ClN4O. The van der Waals surface area contributed by atoms with Crippen LogP contribution in [0, 0.1) is 11.3 Å². The molecule has 0 aliphatic carbocycles. The minimum Gasteiger partial charge on any atom is -0.368 e. The molecule has 1 aliphatic heterocycles. The molecule has 1 aromatic carbocycles. The smallest absolute Gasteiger partial charge is 0.234 e. The monoisotopic (exact) mass is 320 g/mol. The number of nitrogens with zero attached hydrogens (tertiary/aromatic N) is 3. The zero-order valence-corrected chi connectivity index (χ0v) is 13.7. The van der Waals surface area contributed by atoms with Crippen molar-refractivity contribution in [3.8, 4) is 6.07 Å². The quantitative estimate of drug-likeness (QED) is 0.920. The molecule has 0 aromatic heterocycles. The molecule has 1 heterocycles. The highest BCUT2D eigenvalue weighted by atomic mass is 35.5. The van der Waals surface area contributed by atoms with Crippen molar-refractivity contribution in [3.05, 3.63) is 28.8 Å². The van der Waals surface area contributed by atoms with Gasteiger partial charge in [0.15, 0.2) is 0 Å². The fourth-order valence-electron chi connectivity index (χ4n) is 2.55. The van der Waals surface area contributed by atoms with Gasteiger partial charge in [0.05, 0.1) is 28.9 Å². The van der Waals surface area contributed by atoms with Crippen LogP contribution < -0.4 is 10.2 Å². The molecule has 22 heavy (non-hydrogen) atoms. The molecule has 118 valence electrons. The van der Waals surface area contributed by atoms with Crippen molar-refractivity contribution < 1.29 is 4.79 Å². The van der Waals surface area contributed by atoms with E-state index < -0.39 is 0 Å². The predicted octanol–water partition coefficient (Wildman–Crippen LogP) is 1.86. The lowest BCUT2D eigenvalue weighted by molar-refractivity contribution is -0.122. The van der Waals surface area contributed by atoms with Gasteiger partial charge in [0.25, 0.3) is 0 Å². The summed E-state index contributed by atoms with van der Waals surface area (Å²) in [6, 6.07) is 7.62. The van der Waals surface area contributed by atoms with E-state index in [1.54, 1.807) is 12.1 Å². The number of hydrogen-bond acceptors (Lipinski definition) is 4. The normalized spacial score (nSPS) is 15.7. The lowest BCUT2D eigenvalue weighted by Crippen LogP contribution is -2.50. The van der Waals surface area contributed by atoms with E-state index in [0.717, 1.165) is 31.9 Å². The third-order valence-electron chi connectivity index (χ3n) is 3.61. The molecule has 0 atom stereocenters. The number of benzene rings is 1. The zero-order chi connectivity index (χ0) is 16.1. The Morgan fingerprint density at radius 1 is 1.36 bits per heavy atom. The Labute approximate surface area is 136 Å². The summed E-state index contributed by atoms with van der Waals surface area (Å²) in [6.07, 6.45) is 0. The molecule has 1 N–H and O–H groups in total. The molecule has 0 unspecified atom stereocenters. The molecule has 0 bridgehead atoms. The van der Waals surface area contributed by atoms with Crippen molar-refractivity contribution in [3.63, 3.8) is 0 Å². The number of carbonyl (C=O) groups is 1. The van der Waals surface area contributed by atoms with Crippen LogP contribution in [0.1, 0.15) is 19.4 Å². The summed E-state index contributed by atoms with van der Waals surface area (Å²) in [5.74, 6) is 0.0693. The number of anilines is 1. The van der Waals surface area contributed by atoms with Crippen LogP contribution in [0.2, 0.25) is 5.02 Å². The molecule has 1 fully saturated rings. The summed E-state index contributed by atoms with van der Waals surface area (Å²) in [6.45, 7) is 7.64. The van der Waals surface area contributed by atoms with Gasteiger partial charge in [-0.15, -0.1) is 0 Å². The van der Waals surface area contributed by atoms with Crippen LogP contribution in [0.5, 0.6) is 0 Å². The second-order valence-electron chi connectivity index (χ2n) is 5.76. The van der Waals surface area contributed by atoms with Crippen LogP contribution in [0.3, 0.4) is 0 Å². The second-order valence-corrected chi connectivity index (χ2v) is 6.17. The first-order valence-corrected chi connectivity index (χ1v) is 7.83. The fraction of sp³-hybridized carbons (Fsp3) is 0.500. The molecule has 0 spiro atoms. The van der Waals surface area contributed by atoms with Crippen molar-refractivity contribution >= 4 is 23.2 Å². The average Bonchev–Trinajstić information content (AvgIpc) is 2.47. The van der Waals surface area contributed by atoms with Gasteiger partial charge in [-0.1, -0.05) is 11.6 Å². The van der Waals surface area contributed by atoms with Crippen LogP contribution in [-0.2, 0) is 4.79 Å². The van der Waals surface area contributed by atoms with Gasteiger partial charge < -0.3 is 10.2 Å². The van der Waals surface area contributed by atoms with Gasteiger partial charge >= 0.3 is 0 Å². The highest BCUT2D eigenvalue weighted by molar-refractivity contribution is 6.33. The van der Waals surface area contributed by atoms with Crippen LogP contribution >= 0.6 is 11.6 Å². The van der Waals surface area contributed by atoms with Crippen LogP contribution in [0.4, 0.5) is 5.69 Å². The van der Waals surface area contributed by atoms with Crippen molar-refractivity contribution in [1.82, 2.24) is 10.2 Å². The first kappa shape index (κ1) is 16.6. The fourth-order valence-corrected chi connectivity index (χ4v) is 2.85. The average molecular weight is 321 g/mol. The van der Waals surface area contributed by atoms with E-state index in [0.29, 0.717) is 17.1 Å². The standard InChI is InChI=1S/C16H21ClN4O/c1-12(2)19-16(22)11-20-5-7-21(8-6-20)15-4-3-13(10-18)9-14(15)17/h3-4,9,12H,5-8,11H2,1-2H3,(H,19,22). The van der Waals surface area contributed by atoms with Crippen molar-refractivity contribution in [2.45, 2.75) is 19.9 Å². The summed E-state index contributed by atoms with van der Waals surface area (Å²) >= 11 is 6.25. The molecule has 6 heteroatoms. The van der Waals surface area contributed by atoms with Gasteiger partial charge in [0, 0.05) is 32.2 Å². The van der Waals surface area contributed by atoms with Gasteiger partial charge in [-0.2, -0.15) is 5.26 Å². The van der Waals surface area contributed by atoms with Crippen molar-refractivity contribution in [1.29, 1.82) is 5.26 Å². The maximum absolute atomic E-state index is 11.8. The maximum atomic E-state index is 11.8. The number of rotatable bonds is 4. The van der Waals surface area contributed by atoms with E-state index in [9.17, 15) is 4.79 Å². The van der Waals surface area contributed by atoms with Crippen LogP contribution in [-0.4, -0.2) is 49.6 Å². The summed E-state index contributed by atoms with van der Waals surface area (Å²) in [7, 11) is 0. The highest BCUT2D eigenvalue weighted by Crippen LogP contribution is 2.27. The first-order chi connectivity index (χ1) is 10.5. The Balaban J connectivity index is 1.90. The summed E-state index contributed by atoms with van der Waals surface area (Å²) < 4.78 is 0. The number of carbonyl (C=O) groups excluding carboxylic acids is 1. The minimum atomic E-state index is 0.0693. The van der Waals surface area contributed by atoms with Crippen molar-refractivity contribution in [2.75, 3.05) is 37.6 Å². The SMILES string of the molecule is CC(C)NC(=O)CN1CCN(c2ccc(C#N)cc2Cl)CC1. The van der Waals surface area contributed by atoms with Crippen molar-refractivity contribution in [2.24, 2.45) is 0 Å². The topological polar surface area (TPSA) is 59.4 Å². The van der Waals surface area contributed by atoms with Crippen LogP contribution in [0.15, 0.2) is 18.2 Å². The lowest BCUT2D eigenvalue weighted by atomic mass is 10.2. The van der Waals surface area contributed by atoms with E-state index in [1.165, 1.54) is 0 Å². The number of nitriles is 1. The number of hydrogen-bond donors (Lipinski definition) is 1. The molecule has 1 aromatic rings. The summed E-state index contributed by atoms with van der Waals surface area (Å²) in [5.41, 5.74) is 1.52. The predicted molar refractivity (Wildman–Crippen MR) is 88.1 cm³/mol. The number of nitrogens with one attached hydrogen (secondary N) is 1. The van der Waals surface area contributed by atoms with Gasteiger partial charge in [-0.25, -0.2) is 0 Å². The van der Waals surface area contributed by atoms with Crippen LogP contribution in [0.25, 0.3) is 0 Å². The summed E-state index contributed by atoms with van der Waals surface area (Å²) in [5, 5.41) is 12.4. The molecule has 1 saturated heterocycles. The van der Waals surface area contributed by atoms with Gasteiger partial charge in [0.1, 0.15) is 0 Å². The first-order valence-electron chi connectivity index (χ1n) is 7.46. The molecule has 2 rings (SSSR count).